The average molecular weight is 592 g/mol. The molecule has 0 amide bonds. The van der Waals surface area contributed by atoms with Gasteiger partial charge in [0.25, 0.3) is 0 Å². The molecular weight excluding hydrogens is 562 g/mol. The molecule has 0 aromatic rings. The number of Topliss-reactive ketones (excluding diaryl/α,β-unsaturated/α-hetero) is 3. The molecule has 0 saturated heterocycles. The van der Waals surface area contributed by atoms with Gasteiger partial charge in [-0.05, 0) is 0 Å². The van der Waals surface area contributed by atoms with Crippen LogP contribution in [0.25, 0.3) is 0 Å². The van der Waals surface area contributed by atoms with Crippen molar-refractivity contribution in [1.82, 2.24) is 0 Å². The highest BCUT2D eigenvalue weighted by Gasteiger charge is 2.31. The number of ketones is 3. The SMILES string of the molecule is O=C(CO)[C@@H](O)[C@H](O)COP(=O)(O)O.O=C(CO)[C@@H](O)[C@H](O)COP(=O)(O)OC[C@@H](O)[C@H](O)C(=O)CO. The van der Waals surface area contributed by atoms with Crippen LogP contribution in [0.2, 0.25) is 0 Å². The molecule has 20 nitrogen and oxygen atoms in total. The maximum Gasteiger partial charge on any atom is 0.472 e. The van der Waals surface area contributed by atoms with Crippen molar-refractivity contribution in [3.05, 3.63) is 0 Å². The van der Waals surface area contributed by atoms with Gasteiger partial charge >= 0.3 is 15.6 Å². The Morgan fingerprint density at radius 1 is 0.541 bits per heavy atom. The van der Waals surface area contributed by atoms with Gasteiger partial charge in [-0.3, -0.25) is 28.0 Å². The van der Waals surface area contributed by atoms with Crippen molar-refractivity contribution in [3.63, 3.8) is 0 Å². The second kappa shape index (κ2) is 18.2. The Hall–Kier alpha value is -1.13. The maximum absolute atomic E-state index is 11.4. The summed E-state index contributed by atoms with van der Waals surface area (Å²) in [5.74, 6) is -3.35. The van der Waals surface area contributed by atoms with Crippen LogP contribution in [0.15, 0.2) is 0 Å². The van der Waals surface area contributed by atoms with E-state index in [0.717, 1.165) is 0 Å². The summed E-state index contributed by atoms with van der Waals surface area (Å²) in [7, 11) is -9.59. The minimum Gasteiger partial charge on any atom is -0.388 e. The summed E-state index contributed by atoms with van der Waals surface area (Å²) in [5.41, 5.74) is 0. The van der Waals surface area contributed by atoms with E-state index in [1.54, 1.807) is 0 Å². The molecule has 0 aliphatic rings. The molecule has 0 aliphatic carbocycles. The predicted molar refractivity (Wildman–Crippen MR) is 112 cm³/mol. The zero-order valence-electron chi connectivity index (χ0n) is 18.7. The molecule has 0 aliphatic heterocycles. The Balaban J connectivity index is 0. The molecule has 0 aromatic carbocycles. The lowest BCUT2D eigenvalue weighted by Gasteiger charge is -2.20. The molecule has 0 saturated carbocycles. The third kappa shape index (κ3) is 17.1. The van der Waals surface area contributed by atoms with Crippen LogP contribution >= 0.6 is 15.6 Å². The first kappa shape index (κ1) is 38.0. The van der Waals surface area contributed by atoms with Crippen LogP contribution in [0.3, 0.4) is 0 Å². The summed E-state index contributed by atoms with van der Waals surface area (Å²) in [4.78, 5) is 57.9. The van der Waals surface area contributed by atoms with E-state index in [9.17, 15) is 48.8 Å². The van der Waals surface area contributed by atoms with Gasteiger partial charge in [-0.1, -0.05) is 0 Å². The van der Waals surface area contributed by atoms with E-state index in [-0.39, 0.29) is 0 Å². The van der Waals surface area contributed by atoms with E-state index in [2.05, 4.69) is 13.6 Å². The molecule has 0 spiro atoms. The zero-order valence-corrected chi connectivity index (χ0v) is 20.5. The lowest BCUT2D eigenvalue weighted by atomic mass is 10.1. The third-order valence-electron chi connectivity index (χ3n) is 3.78. The van der Waals surface area contributed by atoms with Crippen LogP contribution in [0, 0.1) is 0 Å². The lowest BCUT2D eigenvalue weighted by Crippen LogP contribution is -2.39. The Morgan fingerprint density at radius 2 is 0.784 bits per heavy atom. The number of aliphatic hydroxyl groups is 9. The Bertz CT molecular complexity index is 763. The fraction of sp³-hybridized carbons (Fsp3) is 0.800. The van der Waals surface area contributed by atoms with Crippen molar-refractivity contribution in [3.8, 4) is 0 Å². The molecule has 12 N–H and O–H groups in total. The normalized spacial score (nSPS) is 17.0. The number of carbonyl (C=O) groups is 3. The zero-order chi connectivity index (χ0) is 29.6. The minimum atomic E-state index is -4.85. The van der Waals surface area contributed by atoms with Crippen LogP contribution < -0.4 is 0 Å². The molecule has 0 unspecified atom stereocenters. The number of hydrogen-bond acceptors (Lipinski definition) is 17. The molecule has 0 bridgehead atoms. The highest BCUT2D eigenvalue weighted by atomic mass is 31.2. The number of rotatable bonds is 18. The summed E-state index contributed by atoms with van der Waals surface area (Å²) >= 11 is 0. The van der Waals surface area contributed by atoms with E-state index in [0.29, 0.717) is 0 Å². The van der Waals surface area contributed by atoms with Gasteiger partial charge in [0.2, 0.25) is 0 Å². The van der Waals surface area contributed by atoms with Gasteiger partial charge in [0.05, 0.1) is 19.8 Å². The van der Waals surface area contributed by atoms with E-state index >= 15 is 0 Å². The van der Waals surface area contributed by atoms with Crippen molar-refractivity contribution in [2.24, 2.45) is 0 Å². The smallest absolute Gasteiger partial charge is 0.388 e. The number of phosphoric ester groups is 2. The van der Waals surface area contributed by atoms with Gasteiger partial charge < -0.3 is 60.6 Å². The van der Waals surface area contributed by atoms with E-state index < -0.39 is 109 Å². The van der Waals surface area contributed by atoms with Crippen LogP contribution in [-0.2, 0) is 37.1 Å². The fourth-order valence-electron chi connectivity index (χ4n) is 1.75. The first-order valence-corrected chi connectivity index (χ1v) is 12.7. The molecule has 0 fully saturated rings. The summed E-state index contributed by atoms with van der Waals surface area (Å²) in [6, 6.07) is 0. The maximum atomic E-state index is 11.4. The van der Waals surface area contributed by atoms with E-state index in [1.165, 1.54) is 0 Å². The summed E-state index contributed by atoms with van der Waals surface area (Å²) < 4.78 is 33.9. The lowest BCUT2D eigenvalue weighted by molar-refractivity contribution is -0.138. The number of aliphatic hydroxyl groups excluding tert-OH is 9. The number of hydrogen-bond donors (Lipinski definition) is 12. The molecular formula is C15H30O20P2. The third-order valence-corrected chi connectivity index (χ3v) is 5.22. The molecule has 37 heavy (non-hydrogen) atoms. The van der Waals surface area contributed by atoms with Crippen molar-refractivity contribution in [2.45, 2.75) is 36.6 Å². The van der Waals surface area contributed by atoms with Gasteiger partial charge in [-0.2, -0.15) is 0 Å². The second-order valence-electron chi connectivity index (χ2n) is 6.76. The molecule has 0 heterocycles. The summed E-state index contributed by atoms with van der Waals surface area (Å²) in [5, 5.41) is 80.0. The monoisotopic (exact) mass is 592 g/mol. The first-order chi connectivity index (χ1) is 16.8. The molecule has 0 radical (unpaired) electrons. The predicted octanol–water partition coefficient (Wildman–Crippen LogP) is -6.93. The van der Waals surface area contributed by atoms with Gasteiger partial charge in [0.1, 0.15) is 56.4 Å². The largest absolute Gasteiger partial charge is 0.472 e. The van der Waals surface area contributed by atoms with Gasteiger partial charge in [0.15, 0.2) is 17.3 Å². The van der Waals surface area contributed by atoms with Crippen LogP contribution in [0.1, 0.15) is 0 Å². The second-order valence-corrected chi connectivity index (χ2v) is 9.45. The fourth-order valence-corrected chi connectivity index (χ4v) is 2.85. The molecule has 0 aromatic heterocycles. The van der Waals surface area contributed by atoms with Crippen LogP contribution in [-0.4, -0.2) is 154 Å². The van der Waals surface area contributed by atoms with E-state index in [4.69, 9.17) is 35.3 Å². The Kier molecular flexibility index (Phi) is 18.7. The molecule has 220 valence electrons. The van der Waals surface area contributed by atoms with Gasteiger partial charge in [-0.25, -0.2) is 9.13 Å². The molecule has 0 rings (SSSR count). The highest BCUT2D eigenvalue weighted by Crippen LogP contribution is 2.43. The van der Waals surface area contributed by atoms with Gasteiger partial charge in [0, 0.05) is 0 Å². The van der Waals surface area contributed by atoms with Crippen molar-refractivity contribution in [2.75, 3.05) is 39.6 Å². The topological polar surface area (TPSA) is 356 Å². The Labute approximate surface area is 207 Å². The first-order valence-electron chi connectivity index (χ1n) is 9.64. The van der Waals surface area contributed by atoms with Crippen molar-refractivity contribution < 1.29 is 97.7 Å². The molecule has 6 atom stereocenters. The van der Waals surface area contributed by atoms with E-state index in [1.807, 2.05) is 0 Å². The average Bonchev–Trinajstić information content (AvgIpc) is 2.85. The quantitative estimate of drug-likeness (QED) is 0.0657. The summed E-state index contributed by atoms with van der Waals surface area (Å²) in [6.07, 6.45) is -11.7. The standard InChI is InChI=1S/C10H19O12P.C5H11O8P/c11-1-5(13)9(17)7(15)3-21-23(19,20)22-4-8(16)10(18)6(14)2-12;6-1-3(7)5(9)4(8)2-13-14(10,11)12/h7-12,15-18H,1-4H2,(H,19,20);4-6,8-9H,1-2H2,(H2,10,11,12)/t7-,8-,9-,10-;4-,5-/m11/s1. The highest BCUT2D eigenvalue weighted by molar-refractivity contribution is 7.47. The van der Waals surface area contributed by atoms with Crippen molar-refractivity contribution >= 4 is 33.0 Å². The minimum absolute atomic E-state index is 0.906. The number of phosphoric acid groups is 2. The Morgan fingerprint density at radius 3 is 1.00 bits per heavy atom. The van der Waals surface area contributed by atoms with Gasteiger partial charge in [-0.15, -0.1) is 0 Å². The van der Waals surface area contributed by atoms with Crippen LogP contribution in [0.4, 0.5) is 0 Å². The summed E-state index contributed by atoms with van der Waals surface area (Å²) in [6.45, 7) is -6.04. The van der Waals surface area contributed by atoms with Crippen molar-refractivity contribution in [1.29, 1.82) is 0 Å². The van der Waals surface area contributed by atoms with Crippen LogP contribution in [0.5, 0.6) is 0 Å². The molecule has 22 heteroatoms. The number of carbonyl (C=O) groups excluding carboxylic acids is 3.